The van der Waals surface area contributed by atoms with E-state index in [0.717, 1.165) is 10.2 Å². The zero-order valence-corrected chi connectivity index (χ0v) is 11.6. The van der Waals surface area contributed by atoms with Gasteiger partial charge in [0.05, 0.1) is 6.04 Å². The molecule has 3 rings (SSSR count). The van der Waals surface area contributed by atoms with Crippen molar-refractivity contribution in [2.75, 3.05) is 11.1 Å². The number of fused-ring (bicyclic) bond motifs is 1. The second kappa shape index (κ2) is 4.75. The van der Waals surface area contributed by atoms with Crippen molar-refractivity contribution in [3.05, 3.63) is 58.6 Å². The summed E-state index contributed by atoms with van der Waals surface area (Å²) in [7, 11) is 0. The number of anilines is 1. The monoisotopic (exact) mass is 305 g/mol. The minimum Gasteiger partial charge on any atom is -0.377 e. The van der Waals surface area contributed by atoms with E-state index in [1.54, 1.807) is 0 Å². The summed E-state index contributed by atoms with van der Waals surface area (Å²) in [5.41, 5.74) is 2.59. The van der Waals surface area contributed by atoms with Gasteiger partial charge in [0.25, 0.3) is 0 Å². The average Bonchev–Trinajstić information content (AvgIpc) is 2.76. The van der Waals surface area contributed by atoms with Crippen LogP contribution in [0.15, 0.2) is 57.9 Å². The molecule has 1 unspecified atom stereocenters. The minimum absolute atomic E-state index is 0.428. The minimum atomic E-state index is 0.428. The molecule has 0 spiro atoms. The fraction of sp³-hybridized carbons (Fsp3) is 0.143. The maximum atomic E-state index is 3.58. The van der Waals surface area contributed by atoms with E-state index in [-0.39, 0.29) is 0 Å². The fourth-order valence-corrected chi connectivity index (χ4v) is 3.45. The first-order chi connectivity index (χ1) is 8.33. The Morgan fingerprint density at radius 1 is 1.06 bits per heavy atom. The number of benzene rings is 2. The van der Waals surface area contributed by atoms with Crippen LogP contribution in [0.2, 0.25) is 0 Å². The summed E-state index contributed by atoms with van der Waals surface area (Å²) in [5.74, 6) is 1.11. The lowest BCUT2D eigenvalue weighted by atomic mass is 10.1. The van der Waals surface area contributed by atoms with Crippen molar-refractivity contribution in [1.29, 1.82) is 0 Å². The molecular formula is C14H12BrNS. The smallest absolute Gasteiger partial charge is 0.0618 e. The number of nitrogens with one attached hydrogen (secondary N) is 1. The Morgan fingerprint density at radius 2 is 1.82 bits per heavy atom. The number of rotatable bonds is 2. The molecule has 2 aromatic rings. The first-order valence-electron chi connectivity index (χ1n) is 5.57. The standard InChI is InChI=1S/C14H12BrNS/c15-10-5-7-11(8-6-10)16-13-9-17-14-4-2-1-3-12(13)14/h1-8,13,16H,9H2. The van der Waals surface area contributed by atoms with Crippen LogP contribution in [0.4, 0.5) is 5.69 Å². The zero-order chi connectivity index (χ0) is 11.7. The number of halogens is 1. The summed E-state index contributed by atoms with van der Waals surface area (Å²) in [6.07, 6.45) is 0. The fourth-order valence-electron chi connectivity index (χ4n) is 2.03. The van der Waals surface area contributed by atoms with Crippen LogP contribution < -0.4 is 5.32 Å². The van der Waals surface area contributed by atoms with Crippen LogP contribution in [-0.2, 0) is 0 Å². The van der Waals surface area contributed by atoms with Crippen LogP contribution in [0.5, 0.6) is 0 Å². The van der Waals surface area contributed by atoms with Gasteiger partial charge >= 0.3 is 0 Å². The van der Waals surface area contributed by atoms with Crippen LogP contribution in [0.25, 0.3) is 0 Å². The molecule has 2 aromatic carbocycles. The molecule has 0 aliphatic carbocycles. The van der Waals surface area contributed by atoms with Crippen molar-refractivity contribution in [2.45, 2.75) is 10.9 Å². The molecule has 0 radical (unpaired) electrons. The normalized spacial score (nSPS) is 17.8. The summed E-state index contributed by atoms with van der Waals surface area (Å²) in [5, 5.41) is 3.58. The van der Waals surface area contributed by atoms with Crippen molar-refractivity contribution in [3.63, 3.8) is 0 Å². The van der Waals surface area contributed by atoms with E-state index in [0.29, 0.717) is 6.04 Å². The van der Waals surface area contributed by atoms with Gasteiger partial charge in [0.15, 0.2) is 0 Å². The Bertz CT molecular complexity index is 524. The van der Waals surface area contributed by atoms with Crippen molar-refractivity contribution in [1.82, 2.24) is 0 Å². The van der Waals surface area contributed by atoms with Crippen molar-refractivity contribution in [2.24, 2.45) is 0 Å². The van der Waals surface area contributed by atoms with Gasteiger partial charge in [-0.2, -0.15) is 0 Å². The summed E-state index contributed by atoms with van der Waals surface area (Å²) >= 11 is 5.38. The number of thioether (sulfide) groups is 1. The highest BCUT2D eigenvalue weighted by Crippen LogP contribution is 2.39. The molecule has 0 amide bonds. The lowest BCUT2D eigenvalue weighted by Crippen LogP contribution is -2.09. The van der Waals surface area contributed by atoms with Gasteiger partial charge in [0.2, 0.25) is 0 Å². The van der Waals surface area contributed by atoms with Crippen LogP contribution >= 0.6 is 27.7 Å². The van der Waals surface area contributed by atoms with E-state index < -0.39 is 0 Å². The van der Waals surface area contributed by atoms with Crippen LogP contribution in [-0.4, -0.2) is 5.75 Å². The summed E-state index contributed by atoms with van der Waals surface area (Å²) in [4.78, 5) is 1.40. The summed E-state index contributed by atoms with van der Waals surface area (Å²) in [6.45, 7) is 0. The van der Waals surface area contributed by atoms with E-state index in [1.807, 2.05) is 11.8 Å². The molecule has 1 nitrogen and oxygen atoms in total. The number of hydrogen-bond acceptors (Lipinski definition) is 2. The molecule has 1 aliphatic heterocycles. The van der Waals surface area contributed by atoms with E-state index >= 15 is 0 Å². The van der Waals surface area contributed by atoms with Gasteiger partial charge in [0.1, 0.15) is 0 Å². The van der Waals surface area contributed by atoms with Crippen molar-refractivity contribution in [3.8, 4) is 0 Å². The SMILES string of the molecule is Brc1ccc(NC2CSc3ccccc32)cc1. The maximum Gasteiger partial charge on any atom is 0.0618 e. The van der Waals surface area contributed by atoms with Crippen LogP contribution in [0.1, 0.15) is 11.6 Å². The second-order valence-electron chi connectivity index (χ2n) is 4.05. The van der Waals surface area contributed by atoms with Gasteiger partial charge in [-0.15, -0.1) is 11.8 Å². The highest BCUT2D eigenvalue weighted by molar-refractivity contribution is 9.10. The van der Waals surface area contributed by atoms with E-state index in [9.17, 15) is 0 Å². The van der Waals surface area contributed by atoms with E-state index in [1.165, 1.54) is 16.1 Å². The van der Waals surface area contributed by atoms with E-state index in [2.05, 4.69) is 69.8 Å². The predicted molar refractivity (Wildman–Crippen MR) is 77.7 cm³/mol. The summed E-state index contributed by atoms with van der Waals surface area (Å²) < 4.78 is 1.12. The third-order valence-electron chi connectivity index (χ3n) is 2.89. The Balaban J connectivity index is 1.81. The first kappa shape index (κ1) is 11.2. The van der Waals surface area contributed by atoms with Crippen LogP contribution in [0, 0.1) is 0 Å². The molecule has 0 saturated carbocycles. The molecule has 17 heavy (non-hydrogen) atoms. The molecule has 0 bridgehead atoms. The molecule has 0 aromatic heterocycles. The van der Waals surface area contributed by atoms with Gasteiger partial charge < -0.3 is 5.32 Å². The second-order valence-corrected chi connectivity index (χ2v) is 6.03. The molecule has 1 aliphatic rings. The Morgan fingerprint density at radius 3 is 2.65 bits per heavy atom. The first-order valence-corrected chi connectivity index (χ1v) is 7.34. The molecule has 1 atom stereocenters. The van der Waals surface area contributed by atoms with Gasteiger partial charge in [-0.05, 0) is 35.9 Å². The quantitative estimate of drug-likeness (QED) is 0.862. The molecule has 1 N–H and O–H groups in total. The highest BCUT2D eigenvalue weighted by Gasteiger charge is 2.22. The van der Waals surface area contributed by atoms with Crippen molar-refractivity contribution >= 4 is 33.4 Å². The lowest BCUT2D eigenvalue weighted by Gasteiger charge is -2.14. The van der Waals surface area contributed by atoms with E-state index in [4.69, 9.17) is 0 Å². The van der Waals surface area contributed by atoms with Gasteiger partial charge in [-0.3, -0.25) is 0 Å². The van der Waals surface area contributed by atoms with Crippen molar-refractivity contribution < 1.29 is 0 Å². The zero-order valence-electron chi connectivity index (χ0n) is 9.19. The molecule has 86 valence electrons. The van der Waals surface area contributed by atoms with Gasteiger partial charge in [0, 0.05) is 20.8 Å². The Kier molecular flexibility index (Phi) is 3.12. The third kappa shape index (κ3) is 2.35. The molecule has 1 heterocycles. The van der Waals surface area contributed by atoms with Gasteiger partial charge in [-0.1, -0.05) is 34.1 Å². The van der Waals surface area contributed by atoms with Gasteiger partial charge in [-0.25, -0.2) is 0 Å². The largest absolute Gasteiger partial charge is 0.377 e. The lowest BCUT2D eigenvalue weighted by molar-refractivity contribution is 0.900. The molecule has 3 heteroatoms. The van der Waals surface area contributed by atoms with Crippen LogP contribution in [0.3, 0.4) is 0 Å². The molecule has 0 saturated heterocycles. The third-order valence-corrected chi connectivity index (χ3v) is 4.60. The molecular weight excluding hydrogens is 294 g/mol. The highest BCUT2D eigenvalue weighted by atomic mass is 79.9. The Labute approximate surface area is 114 Å². The Hall–Kier alpha value is -0.930. The summed E-state index contributed by atoms with van der Waals surface area (Å²) in [6, 6.07) is 17.4. The topological polar surface area (TPSA) is 12.0 Å². The number of hydrogen-bond donors (Lipinski definition) is 1. The predicted octanol–water partition coefficient (Wildman–Crippen LogP) is 4.71. The molecule has 0 fully saturated rings. The average molecular weight is 306 g/mol. The maximum absolute atomic E-state index is 3.58.